The summed E-state index contributed by atoms with van der Waals surface area (Å²) in [6.07, 6.45) is 0. The fourth-order valence-corrected chi connectivity index (χ4v) is 3.13. The van der Waals surface area contributed by atoms with Gasteiger partial charge >= 0.3 is 0 Å². The second kappa shape index (κ2) is 4.40. The molecule has 86 valence electrons. The van der Waals surface area contributed by atoms with E-state index >= 15 is 0 Å². The van der Waals surface area contributed by atoms with Crippen molar-refractivity contribution in [1.29, 1.82) is 0 Å². The molecule has 17 heavy (non-hydrogen) atoms. The molecule has 2 nitrogen and oxygen atoms in total. The lowest BCUT2D eigenvalue weighted by molar-refractivity contribution is 0.813. The van der Waals surface area contributed by atoms with E-state index in [2.05, 4.69) is 48.4 Å². The number of H-pyrrole nitrogens is 1. The van der Waals surface area contributed by atoms with E-state index in [1.165, 1.54) is 5.56 Å². The zero-order valence-corrected chi connectivity index (χ0v) is 12.0. The molecule has 1 aromatic carbocycles. The first-order chi connectivity index (χ1) is 8.24. The zero-order valence-electron chi connectivity index (χ0n) is 8.81. The van der Waals surface area contributed by atoms with Gasteiger partial charge in [-0.15, -0.1) is 0 Å². The third kappa shape index (κ3) is 2.10. The molecular formula is C12H9BrN2S2. The van der Waals surface area contributed by atoms with Crippen LogP contribution in [-0.2, 0) is 6.54 Å². The molecular weight excluding hydrogens is 316 g/mol. The van der Waals surface area contributed by atoms with Crippen LogP contribution in [-0.4, -0.2) is 9.55 Å². The molecule has 0 amide bonds. The molecule has 2 aromatic heterocycles. The Morgan fingerprint density at radius 3 is 3.00 bits per heavy atom. The Balaban J connectivity index is 2.17. The van der Waals surface area contributed by atoms with Crippen molar-refractivity contribution in [2.75, 3.05) is 0 Å². The van der Waals surface area contributed by atoms with Crippen molar-refractivity contribution in [3.8, 4) is 0 Å². The summed E-state index contributed by atoms with van der Waals surface area (Å²) < 4.78 is 3.96. The Kier molecular flexibility index (Phi) is 2.90. The second-order valence-electron chi connectivity index (χ2n) is 3.81. The van der Waals surface area contributed by atoms with Crippen LogP contribution in [0.4, 0.5) is 0 Å². The summed E-state index contributed by atoms with van der Waals surface area (Å²) in [7, 11) is 0. The van der Waals surface area contributed by atoms with E-state index in [-0.39, 0.29) is 0 Å². The number of hydrogen-bond acceptors (Lipinski definition) is 2. The molecule has 5 heteroatoms. The molecule has 2 heterocycles. The molecule has 0 aliphatic rings. The average Bonchev–Trinajstić information content (AvgIpc) is 2.90. The molecule has 0 spiro atoms. The van der Waals surface area contributed by atoms with Crippen molar-refractivity contribution in [2.24, 2.45) is 0 Å². The summed E-state index contributed by atoms with van der Waals surface area (Å²) in [5.74, 6) is 0. The third-order valence-corrected chi connectivity index (χ3v) is 4.21. The molecule has 0 aliphatic heterocycles. The summed E-state index contributed by atoms with van der Waals surface area (Å²) in [5, 5.41) is 4.24. The van der Waals surface area contributed by atoms with Gasteiger partial charge < -0.3 is 9.55 Å². The van der Waals surface area contributed by atoms with Gasteiger partial charge in [-0.1, -0.05) is 15.9 Å². The fourth-order valence-electron chi connectivity index (χ4n) is 1.85. The number of thiophene rings is 1. The zero-order chi connectivity index (χ0) is 11.8. The molecule has 0 aliphatic carbocycles. The lowest BCUT2D eigenvalue weighted by atomic mass is 10.3. The van der Waals surface area contributed by atoms with E-state index < -0.39 is 0 Å². The minimum absolute atomic E-state index is 0.768. The number of halogens is 1. The molecule has 3 rings (SSSR count). The number of hydrogen-bond donors (Lipinski definition) is 1. The van der Waals surface area contributed by atoms with Gasteiger partial charge in [-0.2, -0.15) is 11.3 Å². The Hall–Kier alpha value is -0.910. The van der Waals surface area contributed by atoms with E-state index in [0.717, 1.165) is 26.8 Å². The number of rotatable bonds is 2. The fraction of sp³-hybridized carbons (Fsp3) is 0.0833. The first-order valence-corrected chi connectivity index (χ1v) is 7.27. The second-order valence-corrected chi connectivity index (χ2v) is 5.89. The molecule has 0 saturated heterocycles. The van der Waals surface area contributed by atoms with Gasteiger partial charge in [0.15, 0.2) is 4.77 Å². The van der Waals surface area contributed by atoms with Gasteiger partial charge in [-0.3, -0.25) is 0 Å². The van der Waals surface area contributed by atoms with Crippen LogP contribution >= 0.6 is 39.5 Å². The molecule has 0 atom stereocenters. The van der Waals surface area contributed by atoms with Gasteiger partial charge in [0, 0.05) is 4.47 Å². The number of nitrogens with one attached hydrogen (secondary N) is 1. The van der Waals surface area contributed by atoms with E-state index in [4.69, 9.17) is 12.2 Å². The number of fused-ring (bicyclic) bond motifs is 1. The summed E-state index contributed by atoms with van der Waals surface area (Å²) in [5.41, 5.74) is 3.50. The molecule has 0 bridgehead atoms. The standard InChI is InChI=1S/C12H9BrN2S2/c13-9-1-2-10-11(5-9)15(12(16)14-10)6-8-3-4-17-7-8/h1-5,7H,6H2,(H,14,16). The molecule has 0 unspecified atom stereocenters. The number of aromatic amines is 1. The summed E-state index contributed by atoms with van der Waals surface area (Å²) in [6.45, 7) is 0.818. The van der Waals surface area contributed by atoms with Crippen LogP contribution in [0.3, 0.4) is 0 Å². The number of benzene rings is 1. The van der Waals surface area contributed by atoms with Crippen LogP contribution in [0.1, 0.15) is 5.56 Å². The highest BCUT2D eigenvalue weighted by atomic mass is 79.9. The van der Waals surface area contributed by atoms with Crippen molar-refractivity contribution < 1.29 is 0 Å². The van der Waals surface area contributed by atoms with E-state index in [1.807, 2.05) is 12.1 Å². The highest BCUT2D eigenvalue weighted by Gasteiger charge is 2.05. The maximum absolute atomic E-state index is 5.36. The van der Waals surface area contributed by atoms with Crippen molar-refractivity contribution in [3.05, 3.63) is 49.8 Å². The van der Waals surface area contributed by atoms with Crippen LogP contribution in [0.25, 0.3) is 11.0 Å². The van der Waals surface area contributed by atoms with Gasteiger partial charge in [-0.05, 0) is 52.8 Å². The van der Waals surface area contributed by atoms with Gasteiger partial charge in [0.2, 0.25) is 0 Å². The monoisotopic (exact) mass is 324 g/mol. The Morgan fingerprint density at radius 1 is 1.35 bits per heavy atom. The van der Waals surface area contributed by atoms with Gasteiger partial charge in [0.25, 0.3) is 0 Å². The largest absolute Gasteiger partial charge is 0.331 e. The normalized spacial score (nSPS) is 11.1. The van der Waals surface area contributed by atoms with Crippen molar-refractivity contribution in [2.45, 2.75) is 6.54 Å². The lowest BCUT2D eigenvalue weighted by Crippen LogP contribution is -1.98. The van der Waals surface area contributed by atoms with Crippen LogP contribution in [0.5, 0.6) is 0 Å². The minimum atomic E-state index is 0.768. The Morgan fingerprint density at radius 2 is 2.24 bits per heavy atom. The molecule has 3 aromatic rings. The first-order valence-electron chi connectivity index (χ1n) is 5.13. The van der Waals surface area contributed by atoms with E-state index in [1.54, 1.807) is 11.3 Å². The Labute approximate surface area is 116 Å². The molecule has 0 saturated carbocycles. The van der Waals surface area contributed by atoms with Crippen molar-refractivity contribution in [3.63, 3.8) is 0 Å². The van der Waals surface area contributed by atoms with Gasteiger partial charge in [0.1, 0.15) is 0 Å². The average molecular weight is 325 g/mol. The molecule has 0 fully saturated rings. The summed E-state index contributed by atoms with van der Waals surface area (Å²) in [6, 6.07) is 8.28. The SMILES string of the molecule is S=c1[nH]c2ccc(Br)cc2n1Cc1ccsc1. The first kappa shape index (κ1) is 11.2. The topological polar surface area (TPSA) is 20.7 Å². The number of aromatic nitrogens is 2. The summed E-state index contributed by atoms with van der Waals surface area (Å²) >= 11 is 10.6. The summed E-state index contributed by atoms with van der Waals surface area (Å²) in [4.78, 5) is 3.23. The van der Waals surface area contributed by atoms with Gasteiger partial charge in [-0.25, -0.2) is 0 Å². The number of imidazole rings is 1. The van der Waals surface area contributed by atoms with Crippen LogP contribution in [0, 0.1) is 4.77 Å². The van der Waals surface area contributed by atoms with Crippen LogP contribution in [0.2, 0.25) is 0 Å². The lowest BCUT2D eigenvalue weighted by Gasteiger charge is -2.02. The predicted octanol–water partition coefficient (Wildman–Crippen LogP) is 4.57. The molecule has 0 radical (unpaired) electrons. The van der Waals surface area contributed by atoms with Crippen LogP contribution in [0.15, 0.2) is 39.5 Å². The quantitative estimate of drug-likeness (QED) is 0.685. The van der Waals surface area contributed by atoms with Crippen molar-refractivity contribution >= 4 is 50.5 Å². The van der Waals surface area contributed by atoms with Gasteiger partial charge in [0.05, 0.1) is 17.6 Å². The maximum Gasteiger partial charge on any atom is 0.178 e. The number of nitrogens with zero attached hydrogens (tertiary/aromatic N) is 1. The van der Waals surface area contributed by atoms with Crippen LogP contribution < -0.4 is 0 Å². The van der Waals surface area contributed by atoms with E-state index in [9.17, 15) is 0 Å². The predicted molar refractivity (Wildman–Crippen MR) is 78.2 cm³/mol. The highest BCUT2D eigenvalue weighted by molar-refractivity contribution is 9.10. The minimum Gasteiger partial charge on any atom is -0.331 e. The highest BCUT2D eigenvalue weighted by Crippen LogP contribution is 2.21. The third-order valence-electron chi connectivity index (χ3n) is 2.66. The molecule has 1 N–H and O–H groups in total. The van der Waals surface area contributed by atoms with Crippen molar-refractivity contribution in [1.82, 2.24) is 9.55 Å². The maximum atomic E-state index is 5.36. The van der Waals surface area contributed by atoms with E-state index in [0.29, 0.717) is 0 Å². The Bertz CT molecular complexity index is 710. The smallest absolute Gasteiger partial charge is 0.178 e.